The lowest BCUT2D eigenvalue weighted by atomic mass is 9.97. The summed E-state index contributed by atoms with van der Waals surface area (Å²) < 4.78 is 15.8. The molecule has 15 heavy (non-hydrogen) atoms. The van der Waals surface area contributed by atoms with Crippen molar-refractivity contribution in [2.24, 2.45) is 0 Å². The zero-order chi connectivity index (χ0) is 12.3. The molecule has 0 saturated heterocycles. The second kappa shape index (κ2) is 5.07. The van der Waals surface area contributed by atoms with Crippen molar-refractivity contribution in [3.63, 3.8) is 0 Å². The molecule has 90 valence electrons. The fourth-order valence-electron chi connectivity index (χ4n) is 1.16. The Morgan fingerprint density at radius 2 is 1.80 bits per heavy atom. The molecule has 0 aromatic rings. The van der Waals surface area contributed by atoms with Gasteiger partial charge in [-0.15, -0.1) is 0 Å². The van der Waals surface area contributed by atoms with Crippen LogP contribution in [0.2, 0.25) is 0 Å². The molecule has 0 radical (unpaired) electrons. The van der Waals surface area contributed by atoms with Gasteiger partial charge in [0.1, 0.15) is 0 Å². The molecule has 0 fully saturated rings. The summed E-state index contributed by atoms with van der Waals surface area (Å²) in [5, 5.41) is 8.96. The Labute approximate surface area is 88.4 Å². The largest absolute Gasteiger partial charge is 0.479 e. The Hall–Kier alpha value is -0.420. The van der Waals surface area contributed by atoms with Crippen LogP contribution in [0.4, 0.5) is 0 Å². The van der Waals surface area contributed by atoms with E-state index in [1.807, 2.05) is 0 Å². The topological polar surface area (TPSA) is 104 Å². The van der Waals surface area contributed by atoms with Gasteiger partial charge in [-0.05, 0) is 19.8 Å². The third-order valence-corrected chi connectivity index (χ3v) is 3.45. The van der Waals surface area contributed by atoms with Crippen molar-refractivity contribution < 1.29 is 29.0 Å². The predicted molar refractivity (Wildman–Crippen MR) is 53.5 cm³/mol. The normalized spacial score (nSPS) is 15.0. The van der Waals surface area contributed by atoms with E-state index in [1.54, 1.807) is 13.8 Å². The minimum absolute atomic E-state index is 0.156. The molecule has 1 atom stereocenters. The summed E-state index contributed by atoms with van der Waals surface area (Å²) in [5.41, 5.74) is -1.51. The van der Waals surface area contributed by atoms with Gasteiger partial charge in [0.25, 0.3) is 0 Å². The van der Waals surface area contributed by atoms with E-state index in [2.05, 4.69) is 0 Å². The van der Waals surface area contributed by atoms with Crippen LogP contribution in [0.15, 0.2) is 0 Å². The van der Waals surface area contributed by atoms with Gasteiger partial charge in [0.05, 0.1) is 0 Å². The van der Waals surface area contributed by atoms with Crippen molar-refractivity contribution in [3.05, 3.63) is 0 Å². The van der Waals surface area contributed by atoms with Gasteiger partial charge in [0, 0.05) is 0 Å². The number of ether oxygens (including phenoxy) is 1. The Bertz CT molecular complexity index is 266. The SMILES string of the molecule is CCC(CC)(OC(C)P(=O)(O)O)C(=O)O. The van der Waals surface area contributed by atoms with Gasteiger partial charge in [0.2, 0.25) is 0 Å². The first-order valence-electron chi connectivity index (χ1n) is 4.66. The van der Waals surface area contributed by atoms with E-state index < -0.39 is 25.0 Å². The van der Waals surface area contributed by atoms with E-state index in [0.717, 1.165) is 0 Å². The molecule has 7 heteroatoms. The summed E-state index contributed by atoms with van der Waals surface area (Å²) in [6.07, 6.45) is 0.312. The van der Waals surface area contributed by atoms with Gasteiger partial charge in [-0.25, -0.2) is 4.79 Å². The van der Waals surface area contributed by atoms with Gasteiger partial charge in [-0.1, -0.05) is 13.8 Å². The molecular weight excluding hydrogens is 223 g/mol. The van der Waals surface area contributed by atoms with Crippen LogP contribution in [-0.4, -0.2) is 32.3 Å². The lowest BCUT2D eigenvalue weighted by Crippen LogP contribution is -2.42. The van der Waals surface area contributed by atoms with Crippen LogP contribution in [0.25, 0.3) is 0 Å². The zero-order valence-corrected chi connectivity index (χ0v) is 9.90. The maximum Gasteiger partial charge on any atom is 0.353 e. The predicted octanol–water partition coefficient (Wildman–Crippen LogP) is 1.17. The highest BCUT2D eigenvalue weighted by Gasteiger charge is 2.41. The summed E-state index contributed by atoms with van der Waals surface area (Å²) in [5.74, 6) is -2.61. The second-order valence-corrected chi connectivity index (χ2v) is 5.22. The second-order valence-electron chi connectivity index (χ2n) is 3.31. The average Bonchev–Trinajstić information content (AvgIpc) is 2.11. The summed E-state index contributed by atoms with van der Waals surface area (Å²) >= 11 is 0. The number of aliphatic carboxylic acids is 1. The van der Waals surface area contributed by atoms with Crippen molar-refractivity contribution >= 4 is 13.6 Å². The molecule has 0 rings (SSSR count). The van der Waals surface area contributed by atoms with Crippen LogP contribution in [0.3, 0.4) is 0 Å². The lowest BCUT2D eigenvalue weighted by molar-refractivity contribution is -0.169. The van der Waals surface area contributed by atoms with Crippen LogP contribution in [0.1, 0.15) is 33.6 Å². The Kier molecular flexibility index (Phi) is 4.93. The van der Waals surface area contributed by atoms with Crippen LogP contribution in [0.5, 0.6) is 0 Å². The minimum atomic E-state index is -4.40. The van der Waals surface area contributed by atoms with E-state index in [0.29, 0.717) is 0 Å². The van der Waals surface area contributed by atoms with Crippen LogP contribution in [0, 0.1) is 0 Å². The maximum absolute atomic E-state index is 11.0. The highest BCUT2D eigenvalue weighted by atomic mass is 31.2. The summed E-state index contributed by atoms with van der Waals surface area (Å²) in [7, 11) is -4.40. The van der Waals surface area contributed by atoms with Crippen LogP contribution >= 0.6 is 7.60 Å². The van der Waals surface area contributed by atoms with Crippen molar-refractivity contribution in [2.45, 2.75) is 45.1 Å². The molecular formula is C8H17O6P. The van der Waals surface area contributed by atoms with Crippen LogP contribution in [-0.2, 0) is 14.1 Å². The highest BCUT2D eigenvalue weighted by Crippen LogP contribution is 2.44. The number of hydrogen-bond donors (Lipinski definition) is 3. The molecule has 1 unspecified atom stereocenters. The van der Waals surface area contributed by atoms with E-state index in [-0.39, 0.29) is 12.8 Å². The standard InChI is InChI=1S/C8H17O6P/c1-4-8(5-2,7(9)10)14-6(3)15(11,12)13/h6H,4-5H2,1-3H3,(H,9,10)(H2,11,12,13). The molecule has 6 nitrogen and oxygen atoms in total. The van der Waals surface area contributed by atoms with Crippen molar-refractivity contribution in [2.75, 3.05) is 0 Å². The maximum atomic E-state index is 11.0. The molecule has 3 N–H and O–H groups in total. The Morgan fingerprint density at radius 3 is 2.00 bits per heavy atom. The quantitative estimate of drug-likeness (QED) is 0.602. The summed E-state index contributed by atoms with van der Waals surface area (Å²) in [6, 6.07) is 0. The van der Waals surface area contributed by atoms with Crippen LogP contribution < -0.4 is 0 Å². The van der Waals surface area contributed by atoms with E-state index in [1.165, 1.54) is 6.92 Å². The lowest BCUT2D eigenvalue weighted by Gasteiger charge is -2.30. The first-order chi connectivity index (χ1) is 6.69. The van der Waals surface area contributed by atoms with Gasteiger partial charge < -0.3 is 19.6 Å². The molecule has 0 spiro atoms. The fourth-order valence-corrected chi connectivity index (χ4v) is 1.50. The Balaban J connectivity index is 4.85. The smallest absolute Gasteiger partial charge is 0.353 e. The summed E-state index contributed by atoms with van der Waals surface area (Å²) in [6.45, 7) is 4.37. The summed E-state index contributed by atoms with van der Waals surface area (Å²) in [4.78, 5) is 28.6. The third kappa shape index (κ3) is 3.57. The van der Waals surface area contributed by atoms with Gasteiger partial charge >= 0.3 is 13.6 Å². The molecule has 0 aromatic carbocycles. The van der Waals surface area contributed by atoms with Gasteiger partial charge in [-0.2, -0.15) is 0 Å². The van der Waals surface area contributed by atoms with Gasteiger partial charge in [-0.3, -0.25) is 4.57 Å². The molecule has 0 amide bonds. The van der Waals surface area contributed by atoms with Gasteiger partial charge in [0.15, 0.2) is 11.4 Å². The van der Waals surface area contributed by atoms with E-state index >= 15 is 0 Å². The number of carbonyl (C=O) groups is 1. The highest BCUT2D eigenvalue weighted by molar-refractivity contribution is 7.52. The first-order valence-corrected chi connectivity index (χ1v) is 6.34. The van der Waals surface area contributed by atoms with Crippen molar-refractivity contribution in [1.29, 1.82) is 0 Å². The number of carboxylic acid groups (broad SMARTS) is 1. The molecule has 0 heterocycles. The van der Waals surface area contributed by atoms with E-state index in [9.17, 15) is 9.36 Å². The van der Waals surface area contributed by atoms with Crippen molar-refractivity contribution in [1.82, 2.24) is 0 Å². The number of hydrogen-bond acceptors (Lipinski definition) is 3. The van der Waals surface area contributed by atoms with Crippen molar-refractivity contribution in [3.8, 4) is 0 Å². The molecule has 0 saturated carbocycles. The molecule has 0 aromatic heterocycles. The molecule has 0 bridgehead atoms. The number of carboxylic acids is 1. The first kappa shape index (κ1) is 14.6. The minimum Gasteiger partial charge on any atom is -0.479 e. The molecule has 0 aliphatic rings. The number of rotatable bonds is 6. The fraction of sp³-hybridized carbons (Fsp3) is 0.875. The Morgan fingerprint density at radius 1 is 1.40 bits per heavy atom. The van der Waals surface area contributed by atoms with E-state index in [4.69, 9.17) is 19.6 Å². The molecule has 0 aliphatic heterocycles. The average molecular weight is 240 g/mol. The zero-order valence-electron chi connectivity index (χ0n) is 9.01. The molecule has 0 aliphatic carbocycles. The monoisotopic (exact) mass is 240 g/mol. The third-order valence-electron chi connectivity index (χ3n) is 2.40.